The highest BCUT2D eigenvalue weighted by atomic mass is 16.3. The van der Waals surface area contributed by atoms with E-state index in [1.807, 2.05) is 18.2 Å². The number of aliphatic hydroxyl groups excluding tert-OH is 1. The Kier molecular flexibility index (Phi) is 4.92. The minimum atomic E-state index is -0.261. The van der Waals surface area contributed by atoms with Crippen molar-refractivity contribution in [3.05, 3.63) is 54.4 Å². The lowest BCUT2D eigenvalue weighted by molar-refractivity contribution is -0.123. The number of pyridine rings is 1. The Morgan fingerprint density at radius 2 is 2.13 bits per heavy atom. The molecule has 0 spiro atoms. The Morgan fingerprint density at radius 3 is 2.78 bits per heavy atom. The van der Waals surface area contributed by atoms with Crippen LogP contribution in [0.4, 0.5) is 0 Å². The molecule has 1 aliphatic rings. The highest BCUT2D eigenvalue weighted by Crippen LogP contribution is 2.37. The van der Waals surface area contributed by atoms with E-state index in [1.165, 1.54) is 0 Å². The van der Waals surface area contributed by atoms with Crippen LogP contribution < -0.4 is 5.32 Å². The zero-order valence-electron chi connectivity index (χ0n) is 12.8. The summed E-state index contributed by atoms with van der Waals surface area (Å²) in [4.78, 5) is 24.8. The van der Waals surface area contributed by atoms with Crippen molar-refractivity contribution in [3.63, 3.8) is 0 Å². The lowest BCUT2D eigenvalue weighted by Gasteiger charge is -2.37. The van der Waals surface area contributed by atoms with E-state index in [9.17, 15) is 9.90 Å². The number of nitrogens with one attached hydrogen (secondary N) is 1. The molecule has 6 heteroatoms. The Bertz CT molecular complexity index is 630. The third-order valence-corrected chi connectivity index (χ3v) is 4.17. The van der Waals surface area contributed by atoms with E-state index < -0.39 is 0 Å². The first-order valence-corrected chi connectivity index (χ1v) is 7.85. The van der Waals surface area contributed by atoms with Gasteiger partial charge in [-0.3, -0.25) is 19.7 Å². The fraction of sp³-hybridized carbons (Fsp3) is 0.412. The maximum absolute atomic E-state index is 12.3. The van der Waals surface area contributed by atoms with Gasteiger partial charge in [-0.1, -0.05) is 6.07 Å². The molecule has 0 bridgehead atoms. The van der Waals surface area contributed by atoms with E-state index in [0.29, 0.717) is 25.7 Å². The van der Waals surface area contributed by atoms with Gasteiger partial charge in [0.2, 0.25) is 5.91 Å². The van der Waals surface area contributed by atoms with Crippen molar-refractivity contribution < 1.29 is 9.90 Å². The van der Waals surface area contributed by atoms with Crippen LogP contribution in [0.15, 0.2) is 43.0 Å². The third-order valence-electron chi connectivity index (χ3n) is 4.17. The SMILES string of the molecule is O=C(CCc1cnccn1)N[C@H](c1ccccn1)C1CC(O)C1. The second-order valence-corrected chi connectivity index (χ2v) is 5.88. The summed E-state index contributed by atoms with van der Waals surface area (Å²) in [5.74, 6) is 0.202. The van der Waals surface area contributed by atoms with Gasteiger partial charge in [0.1, 0.15) is 0 Å². The molecular formula is C17H20N4O2. The first-order valence-electron chi connectivity index (χ1n) is 7.85. The number of aromatic nitrogens is 3. The van der Waals surface area contributed by atoms with Gasteiger partial charge in [-0.2, -0.15) is 0 Å². The van der Waals surface area contributed by atoms with Crippen molar-refractivity contribution >= 4 is 5.91 Å². The van der Waals surface area contributed by atoms with Gasteiger partial charge in [0.25, 0.3) is 0 Å². The molecular weight excluding hydrogens is 292 g/mol. The van der Waals surface area contributed by atoms with Crippen LogP contribution in [0.3, 0.4) is 0 Å². The lowest BCUT2D eigenvalue weighted by atomic mass is 9.76. The zero-order chi connectivity index (χ0) is 16.1. The van der Waals surface area contributed by atoms with Gasteiger partial charge < -0.3 is 10.4 Å². The van der Waals surface area contributed by atoms with Gasteiger partial charge in [0, 0.05) is 31.2 Å². The number of hydrogen-bond acceptors (Lipinski definition) is 5. The minimum Gasteiger partial charge on any atom is -0.393 e. The molecule has 0 aromatic carbocycles. The Morgan fingerprint density at radius 1 is 1.26 bits per heavy atom. The molecule has 1 atom stereocenters. The standard InChI is InChI=1S/C17H20N4O2/c22-14-9-12(10-14)17(15-3-1-2-6-20-15)21-16(23)5-4-13-11-18-7-8-19-13/h1-3,6-8,11-12,14,17,22H,4-5,9-10H2,(H,21,23)/t12?,14?,17-/m0/s1. The van der Waals surface area contributed by atoms with Crippen LogP contribution in [0.2, 0.25) is 0 Å². The molecule has 1 amide bonds. The number of aryl methyl sites for hydroxylation is 1. The summed E-state index contributed by atoms with van der Waals surface area (Å²) in [6.07, 6.45) is 8.69. The summed E-state index contributed by atoms with van der Waals surface area (Å²) in [5.41, 5.74) is 1.65. The summed E-state index contributed by atoms with van der Waals surface area (Å²) >= 11 is 0. The molecule has 3 rings (SSSR count). The first-order chi connectivity index (χ1) is 11.2. The van der Waals surface area contributed by atoms with E-state index in [0.717, 1.165) is 11.4 Å². The summed E-state index contributed by atoms with van der Waals surface area (Å²) in [6, 6.07) is 5.54. The monoisotopic (exact) mass is 312 g/mol. The predicted octanol–water partition coefficient (Wildman–Crippen LogP) is 1.43. The Hall–Kier alpha value is -2.34. The van der Waals surface area contributed by atoms with Crippen LogP contribution in [0.1, 0.15) is 36.7 Å². The van der Waals surface area contributed by atoms with Crippen molar-refractivity contribution in [2.24, 2.45) is 5.92 Å². The molecule has 0 saturated heterocycles. The van der Waals surface area contributed by atoms with Crippen molar-refractivity contribution in [1.29, 1.82) is 0 Å². The highest BCUT2D eigenvalue weighted by Gasteiger charge is 2.36. The van der Waals surface area contributed by atoms with Crippen LogP contribution in [0.25, 0.3) is 0 Å². The largest absolute Gasteiger partial charge is 0.393 e. The van der Waals surface area contributed by atoms with E-state index in [4.69, 9.17) is 0 Å². The first kappa shape index (κ1) is 15.6. The van der Waals surface area contributed by atoms with E-state index in [1.54, 1.807) is 24.8 Å². The predicted molar refractivity (Wildman–Crippen MR) is 84.2 cm³/mol. The molecule has 2 aromatic heterocycles. The summed E-state index contributed by atoms with van der Waals surface area (Å²) < 4.78 is 0. The molecule has 1 aliphatic carbocycles. The molecule has 1 fully saturated rings. The Balaban J connectivity index is 1.60. The molecule has 120 valence electrons. The summed E-state index contributed by atoms with van der Waals surface area (Å²) in [6.45, 7) is 0. The van der Waals surface area contributed by atoms with Gasteiger partial charge >= 0.3 is 0 Å². The van der Waals surface area contributed by atoms with Crippen molar-refractivity contribution in [2.75, 3.05) is 0 Å². The third kappa shape index (κ3) is 4.10. The molecule has 6 nitrogen and oxygen atoms in total. The topological polar surface area (TPSA) is 88.0 Å². The van der Waals surface area contributed by atoms with Gasteiger partial charge in [-0.25, -0.2) is 0 Å². The van der Waals surface area contributed by atoms with Crippen molar-refractivity contribution in [1.82, 2.24) is 20.3 Å². The number of amides is 1. The van der Waals surface area contributed by atoms with E-state index >= 15 is 0 Å². The normalized spacial score (nSPS) is 21.3. The maximum Gasteiger partial charge on any atom is 0.220 e. The van der Waals surface area contributed by atoms with Gasteiger partial charge in [-0.05, 0) is 37.3 Å². The molecule has 2 aromatic rings. The molecule has 2 N–H and O–H groups in total. The number of hydrogen-bond donors (Lipinski definition) is 2. The summed E-state index contributed by atoms with van der Waals surface area (Å²) in [5, 5.41) is 12.6. The molecule has 0 unspecified atom stereocenters. The van der Waals surface area contributed by atoms with Crippen LogP contribution in [0, 0.1) is 5.92 Å². The minimum absolute atomic E-state index is 0.0345. The van der Waals surface area contributed by atoms with Gasteiger partial charge in [-0.15, -0.1) is 0 Å². The average molecular weight is 312 g/mol. The molecule has 23 heavy (non-hydrogen) atoms. The van der Waals surface area contributed by atoms with E-state index in [2.05, 4.69) is 20.3 Å². The van der Waals surface area contributed by atoms with Crippen LogP contribution in [-0.2, 0) is 11.2 Å². The van der Waals surface area contributed by atoms with Gasteiger partial charge in [0.15, 0.2) is 0 Å². The number of carbonyl (C=O) groups excluding carboxylic acids is 1. The molecule has 0 radical (unpaired) electrons. The second kappa shape index (κ2) is 7.28. The number of nitrogens with zero attached hydrogens (tertiary/aromatic N) is 3. The van der Waals surface area contributed by atoms with Crippen molar-refractivity contribution in [3.8, 4) is 0 Å². The second-order valence-electron chi connectivity index (χ2n) is 5.88. The van der Waals surface area contributed by atoms with Crippen LogP contribution >= 0.6 is 0 Å². The number of aliphatic hydroxyl groups is 1. The molecule has 2 heterocycles. The fourth-order valence-electron chi connectivity index (χ4n) is 2.84. The maximum atomic E-state index is 12.3. The smallest absolute Gasteiger partial charge is 0.220 e. The van der Waals surface area contributed by atoms with E-state index in [-0.39, 0.29) is 24.0 Å². The van der Waals surface area contributed by atoms with Crippen molar-refractivity contribution in [2.45, 2.75) is 37.8 Å². The average Bonchev–Trinajstić information content (AvgIpc) is 2.57. The summed E-state index contributed by atoms with van der Waals surface area (Å²) in [7, 11) is 0. The van der Waals surface area contributed by atoms with Crippen LogP contribution in [0.5, 0.6) is 0 Å². The lowest BCUT2D eigenvalue weighted by Crippen LogP contribution is -2.41. The van der Waals surface area contributed by atoms with Crippen LogP contribution in [-0.4, -0.2) is 32.1 Å². The zero-order valence-corrected chi connectivity index (χ0v) is 12.8. The number of rotatable bonds is 6. The Labute approximate surface area is 135 Å². The molecule has 1 saturated carbocycles. The number of carbonyl (C=O) groups is 1. The fourth-order valence-corrected chi connectivity index (χ4v) is 2.84. The quantitative estimate of drug-likeness (QED) is 0.842. The molecule has 0 aliphatic heterocycles. The highest BCUT2D eigenvalue weighted by molar-refractivity contribution is 5.76. The van der Waals surface area contributed by atoms with Gasteiger partial charge in [0.05, 0.1) is 23.5 Å².